The third-order valence-electron chi connectivity index (χ3n) is 2.42. The molecule has 4 heteroatoms. The lowest BCUT2D eigenvalue weighted by Gasteiger charge is -2.09. The van der Waals surface area contributed by atoms with Crippen molar-refractivity contribution in [1.29, 1.82) is 5.26 Å². The van der Waals surface area contributed by atoms with Gasteiger partial charge in [0.2, 0.25) is 0 Å². The highest BCUT2D eigenvalue weighted by Crippen LogP contribution is 2.28. The van der Waals surface area contributed by atoms with Crippen LogP contribution in [0.1, 0.15) is 24.0 Å². The van der Waals surface area contributed by atoms with E-state index in [0.717, 1.165) is 24.8 Å². The van der Waals surface area contributed by atoms with Crippen molar-refractivity contribution in [2.24, 2.45) is 5.73 Å². The molecule has 1 aromatic rings. The van der Waals surface area contributed by atoms with Crippen LogP contribution in [0.15, 0.2) is 12.1 Å². The van der Waals surface area contributed by atoms with Crippen molar-refractivity contribution in [3.8, 4) is 17.6 Å². The molecule has 86 valence electrons. The monoisotopic (exact) mass is 220 g/mol. The maximum Gasteiger partial charge on any atom is 0.137 e. The molecular weight excluding hydrogens is 204 g/mol. The summed E-state index contributed by atoms with van der Waals surface area (Å²) < 4.78 is 5.16. The van der Waals surface area contributed by atoms with Crippen LogP contribution >= 0.6 is 0 Å². The standard InChI is InChI=1S/C12H16N2O2/c1-16-12-7-11(15)10(8-14)6-9(12)4-2-3-5-13/h6-7,15H,2-5,13H2,1H3. The average molecular weight is 220 g/mol. The first-order valence-corrected chi connectivity index (χ1v) is 5.23. The number of hydrogen-bond donors (Lipinski definition) is 2. The van der Waals surface area contributed by atoms with Gasteiger partial charge in [0.1, 0.15) is 17.6 Å². The Balaban J connectivity index is 2.92. The van der Waals surface area contributed by atoms with Crippen molar-refractivity contribution in [1.82, 2.24) is 0 Å². The topological polar surface area (TPSA) is 79.3 Å². The van der Waals surface area contributed by atoms with Gasteiger partial charge in [0.25, 0.3) is 0 Å². The van der Waals surface area contributed by atoms with Crippen LogP contribution in [-0.4, -0.2) is 18.8 Å². The summed E-state index contributed by atoms with van der Waals surface area (Å²) >= 11 is 0. The third kappa shape index (κ3) is 2.88. The first kappa shape index (κ1) is 12.3. The molecule has 0 aliphatic rings. The van der Waals surface area contributed by atoms with Gasteiger partial charge in [-0.05, 0) is 37.4 Å². The first-order chi connectivity index (χ1) is 7.72. The van der Waals surface area contributed by atoms with Crippen molar-refractivity contribution >= 4 is 0 Å². The number of nitrogens with two attached hydrogens (primary N) is 1. The molecule has 0 atom stereocenters. The molecule has 0 amide bonds. The Kier molecular flexibility index (Phi) is 4.62. The molecule has 1 aromatic carbocycles. The molecule has 0 fully saturated rings. The van der Waals surface area contributed by atoms with E-state index in [2.05, 4.69) is 0 Å². The fourth-order valence-electron chi connectivity index (χ4n) is 1.55. The van der Waals surface area contributed by atoms with Crippen molar-refractivity contribution < 1.29 is 9.84 Å². The zero-order valence-corrected chi connectivity index (χ0v) is 9.36. The normalized spacial score (nSPS) is 9.81. The Morgan fingerprint density at radius 2 is 2.19 bits per heavy atom. The molecule has 4 nitrogen and oxygen atoms in total. The lowest BCUT2D eigenvalue weighted by atomic mass is 10.0. The van der Waals surface area contributed by atoms with Gasteiger partial charge in [-0.2, -0.15) is 5.26 Å². The van der Waals surface area contributed by atoms with Gasteiger partial charge in [0, 0.05) is 6.07 Å². The van der Waals surface area contributed by atoms with E-state index in [1.165, 1.54) is 6.07 Å². The van der Waals surface area contributed by atoms with E-state index in [4.69, 9.17) is 15.7 Å². The highest BCUT2D eigenvalue weighted by Gasteiger charge is 2.09. The predicted octanol–water partition coefficient (Wildman–Crippen LogP) is 1.55. The molecule has 0 aliphatic carbocycles. The van der Waals surface area contributed by atoms with E-state index in [9.17, 15) is 5.11 Å². The third-order valence-corrected chi connectivity index (χ3v) is 2.42. The summed E-state index contributed by atoms with van der Waals surface area (Å²) in [5, 5.41) is 18.3. The van der Waals surface area contributed by atoms with Gasteiger partial charge in [0.15, 0.2) is 0 Å². The summed E-state index contributed by atoms with van der Waals surface area (Å²) in [5.74, 6) is 0.579. The minimum atomic E-state index is -0.0399. The van der Waals surface area contributed by atoms with Crippen molar-refractivity contribution in [3.63, 3.8) is 0 Å². The van der Waals surface area contributed by atoms with Gasteiger partial charge >= 0.3 is 0 Å². The number of phenols is 1. The predicted molar refractivity (Wildman–Crippen MR) is 61.4 cm³/mol. The van der Waals surface area contributed by atoms with E-state index in [0.29, 0.717) is 12.3 Å². The van der Waals surface area contributed by atoms with Gasteiger partial charge in [-0.25, -0.2) is 0 Å². The Hall–Kier alpha value is -1.73. The van der Waals surface area contributed by atoms with Gasteiger partial charge in [-0.3, -0.25) is 0 Å². The maximum absolute atomic E-state index is 9.50. The molecule has 0 saturated heterocycles. The lowest BCUT2D eigenvalue weighted by molar-refractivity contribution is 0.401. The van der Waals surface area contributed by atoms with Crippen molar-refractivity contribution in [2.45, 2.75) is 19.3 Å². The van der Waals surface area contributed by atoms with Gasteiger partial charge in [-0.15, -0.1) is 0 Å². The fourth-order valence-corrected chi connectivity index (χ4v) is 1.55. The van der Waals surface area contributed by atoms with Crippen LogP contribution in [0.2, 0.25) is 0 Å². The van der Waals surface area contributed by atoms with E-state index < -0.39 is 0 Å². The molecule has 0 spiro atoms. The number of rotatable bonds is 5. The zero-order chi connectivity index (χ0) is 12.0. The van der Waals surface area contributed by atoms with Crippen LogP contribution in [0.25, 0.3) is 0 Å². The second kappa shape index (κ2) is 5.99. The van der Waals surface area contributed by atoms with Crippen molar-refractivity contribution in [2.75, 3.05) is 13.7 Å². The molecule has 0 aliphatic heterocycles. The number of nitrogens with zero attached hydrogens (tertiary/aromatic N) is 1. The Morgan fingerprint density at radius 3 is 2.75 bits per heavy atom. The first-order valence-electron chi connectivity index (χ1n) is 5.23. The molecule has 0 aromatic heterocycles. The SMILES string of the molecule is COc1cc(O)c(C#N)cc1CCCCN. The number of ether oxygens (including phenoxy) is 1. The van der Waals surface area contributed by atoms with Crippen LogP contribution in [0.3, 0.4) is 0 Å². The molecule has 0 bridgehead atoms. The van der Waals surface area contributed by atoms with Crippen molar-refractivity contribution in [3.05, 3.63) is 23.3 Å². The summed E-state index contributed by atoms with van der Waals surface area (Å²) in [7, 11) is 1.55. The minimum Gasteiger partial charge on any atom is -0.506 e. The number of phenolic OH excluding ortho intramolecular Hbond substituents is 1. The summed E-state index contributed by atoms with van der Waals surface area (Å²) in [5.41, 5.74) is 6.64. The second-order valence-corrected chi connectivity index (χ2v) is 3.54. The average Bonchev–Trinajstić information content (AvgIpc) is 2.30. The number of nitriles is 1. The zero-order valence-electron chi connectivity index (χ0n) is 9.36. The number of methoxy groups -OCH3 is 1. The summed E-state index contributed by atoms with van der Waals surface area (Å²) in [4.78, 5) is 0. The largest absolute Gasteiger partial charge is 0.506 e. The van der Waals surface area contributed by atoms with Crippen LogP contribution in [0.4, 0.5) is 0 Å². The lowest BCUT2D eigenvalue weighted by Crippen LogP contribution is -2.00. The van der Waals surface area contributed by atoms with E-state index in [1.54, 1.807) is 13.2 Å². The van der Waals surface area contributed by atoms with Crippen LogP contribution in [0.5, 0.6) is 11.5 Å². The van der Waals surface area contributed by atoms with E-state index in [1.807, 2.05) is 6.07 Å². The molecule has 0 unspecified atom stereocenters. The van der Waals surface area contributed by atoms with Gasteiger partial charge in [-0.1, -0.05) is 0 Å². The number of unbranched alkanes of at least 4 members (excludes halogenated alkanes) is 1. The second-order valence-electron chi connectivity index (χ2n) is 3.54. The number of aromatic hydroxyl groups is 1. The minimum absolute atomic E-state index is 0.0399. The highest BCUT2D eigenvalue weighted by molar-refractivity contribution is 5.51. The Morgan fingerprint density at radius 1 is 1.44 bits per heavy atom. The number of aryl methyl sites for hydroxylation is 1. The molecule has 0 saturated carbocycles. The maximum atomic E-state index is 9.50. The smallest absolute Gasteiger partial charge is 0.137 e. The fraction of sp³-hybridized carbons (Fsp3) is 0.417. The molecule has 0 heterocycles. The van der Waals surface area contributed by atoms with E-state index in [-0.39, 0.29) is 11.3 Å². The molecule has 0 radical (unpaired) electrons. The van der Waals surface area contributed by atoms with Crippen LogP contribution in [-0.2, 0) is 6.42 Å². The Bertz CT molecular complexity index is 397. The Labute approximate surface area is 95.3 Å². The van der Waals surface area contributed by atoms with E-state index >= 15 is 0 Å². The summed E-state index contributed by atoms with van der Waals surface area (Å²) in [6, 6.07) is 5.10. The molecular formula is C12H16N2O2. The molecule has 16 heavy (non-hydrogen) atoms. The molecule has 1 rings (SSSR count). The quantitative estimate of drug-likeness (QED) is 0.738. The van der Waals surface area contributed by atoms with Crippen LogP contribution in [0, 0.1) is 11.3 Å². The van der Waals surface area contributed by atoms with Crippen LogP contribution < -0.4 is 10.5 Å². The van der Waals surface area contributed by atoms with Gasteiger partial charge in [0.05, 0.1) is 12.7 Å². The summed E-state index contributed by atoms with van der Waals surface area (Å²) in [6.07, 6.45) is 2.68. The molecule has 3 N–H and O–H groups in total. The summed E-state index contributed by atoms with van der Waals surface area (Å²) in [6.45, 7) is 0.658. The van der Waals surface area contributed by atoms with Gasteiger partial charge < -0.3 is 15.6 Å². The number of benzene rings is 1. The number of hydrogen-bond acceptors (Lipinski definition) is 4. The highest BCUT2D eigenvalue weighted by atomic mass is 16.5.